The van der Waals surface area contributed by atoms with Gasteiger partial charge in [-0.1, -0.05) is 17.3 Å². The Balaban J connectivity index is 2.30. The summed E-state index contributed by atoms with van der Waals surface area (Å²) in [7, 11) is 1.63. The van der Waals surface area contributed by atoms with Gasteiger partial charge < -0.3 is 15.7 Å². The number of amidine groups is 1. The van der Waals surface area contributed by atoms with Gasteiger partial charge in [0.15, 0.2) is 5.84 Å². The van der Waals surface area contributed by atoms with E-state index in [4.69, 9.17) is 15.7 Å². The summed E-state index contributed by atoms with van der Waals surface area (Å²) >= 11 is 0. The van der Waals surface area contributed by atoms with Crippen LogP contribution in [0.4, 0.5) is 0 Å². The smallest absolute Gasteiger partial charge is 0.187 e. The van der Waals surface area contributed by atoms with Gasteiger partial charge in [-0.3, -0.25) is 4.57 Å². The number of rotatable bonds is 3. The molecule has 6 heteroatoms. The molecule has 3 aromatic rings. The molecule has 0 saturated carbocycles. The minimum atomic E-state index is 0.0294. The highest BCUT2D eigenvalue weighted by atomic mass is 16.5. The van der Waals surface area contributed by atoms with E-state index in [1.807, 2.05) is 36.5 Å². The highest BCUT2D eigenvalue weighted by Gasteiger charge is 2.12. The van der Waals surface area contributed by atoms with Crippen LogP contribution >= 0.6 is 0 Å². The van der Waals surface area contributed by atoms with E-state index in [2.05, 4.69) is 10.1 Å². The minimum Gasteiger partial charge on any atom is -0.496 e. The molecule has 0 aliphatic carbocycles. The number of fused-ring (bicyclic) bond motifs is 1. The van der Waals surface area contributed by atoms with Crippen LogP contribution in [-0.4, -0.2) is 27.7 Å². The third-order valence-corrected chi connectivity index (χ3v) is 3.31. The summed E-state index contributed by atoms with van der Waals surface area (Å²) in [5.74, 6) is 1.49. The summed E-state index contributed by atoms with van der Waals surface area (Å²) in [5.41, 5.74) is 6.27. The molecule has 2 heterocycles. The van der Waals surface area contributed by atoms with Crippen molar-refractivity contribution in [2.75, 3.05) is 7.11 Å². The molecule has 0 saturated heterocycles. The fourth-order valence-electron chi connectivity index (χ4n) is 2.36. The van der Waals surface area contributed by atoms with E-state index in [1.54, 1.807) is 23.9 Å². The van der Waals surface area contributed by atoms with E-state index < -0.39 is 0 Å². The molecule has 0 spiro atoms. The van der Waals surface area contributed by atoms with Gasteiger partial charge in [0, 0.05) is 23.2 Å². The quantitative estimate of drug-likeness (QED) is 0.333. The number of aromatic nitrogens is 2. The molecule has 0 radical (unpaired) electrons. The van der Waals surface area contributed by atoms with Crippen molar-refractivity contribution < 1.29 is 9.94 Å². The normalized spacial score (nSPS) is 11.8. The lowest BCUT2D eigenvalue weighted by Gasteiger charge is -2.12. The molecule has 0 aliphatic heterocycles. The molecule has 106 valence electrons. The summed E-state index contributed by atoms with van der Waals surface area (Å²) in [5, 5.41) is 13.8. The first-order valence-electron chi connectivity index (χ1n) is 6.33. The molecule has 1 aromatic carbocycles. The zero-order valence-electron chi connectivity index (χ0n) is 11.4. The summed E-state index contributed by atoms with van der Waals surface area (Å²) < 4.78 is 7.15. The Morgan fingerprint density at radius 1 is 1.24 bits per heavy atom. The highest BCUT2D eigenvalue weighted by Crippen LogP contribution is 2.28. The average Bonchev–Trinajstić information content (AvgIpc) is 3.02. The van der Waals surface area contributed by atoms with Gasteiger partial charge in [-0.05, 0) is 24.3 Å². The van der Waals surface area contributed by atoms with E-state index in [0.29, 0.717) is 11.5 Å². The zero-order chi connectivity index (χ0) is 14.8. The van der Waals surface area contributed by atoms with Crippen molar-refractivity contribution in [2.45, 2.75) is 0 Å². The molecule has 0 fully saturated rings. The fraction of sp³-hybridized carbons (Fsp3) is 0.0667. The molecular weight excluding hydrogens is 268 g/mol. The van der Waals surface area contributed by atoms with Gasteiger partial charge in [-0.2, -0.15) is 0 Å². The summed E-state index contributed by atoms with van der Waals surface area (Å²) in [6.07, 6.45) is 3.52. The van der Waals surface area contributed by atoms with Crippen LogP contribution < -0.4 is 10.5 Å². The van der Waals surface area contributed by atoms with Gasteiger partial charge in [0.1, 0.15) is 11.6 Å². The van der Waals surface area contributed by atoms with Crippen molar-refractivity contribution in [3.8, 4) is 11.6 Å². The van der Waals surface area contributed by atoms with Gasteiger partial charge in [-0.15, -0.1) is 0 Å². The molecule has 0 atom stereocenters. The number of nitrogens with two attached hydrogens (primary N) is 1. The lowest BCUT2D eigenvalue weighted by atomic mass is 10.1. The van der Waals surface area contributed by atoms with Crippen molar-refractivity contribution in [1.29, 1.82) is 0 Å². The number of benzene rings is 1. The van der Waals surface area contributed by atoms with Crippen LogP contribution in [0.15, 0.2) is 53.9 Å². The second-order valence-corrected chi connectivity index (χ2v) is 4.44. The van der Waals surface area contributed by atoms with Crippen LogP contribution in [0.2, 0.25) is 0 Å². The van der Waals surface area contributed by atoms with Gasteiger partial charge in [0.2, 0.25) is 0 Å². The van der Waals surface area contributed by atoms with Crippen molar-refractivity contribution in [3.63, 3.8) is 0 Å². The fourth-order valence-corrected chi connectivity index (χ4v) is 2.36. The Morgan fingerprint density at radius 2 is 2.10 bits per heavy atom. The topological polar surface area (TPSA) is 85.7 Å². The first kappa shape index (κ1) is 13.0. The van der Waals surface area contributed by atoms with E-state index in [0.717, 1.165) is 16.5 Å². The maximum atomic E-state index is 8.88. The molecule has 0 bridgehead atoms. The third-order valence-electron chi connectivity index (χ3n) is 3.31. The lowest BCUT2D eigenvalue weighted by Crippen LogP contribution is -2.17. The first-order chi connectivity index (χ1) is 10.3. The van der Waals surface area contributed by atoms with E-state index in [9.17, 15) is 0 Å². The maximum Gasteiger partial charge on any atom is 0.187 e. The molecule has 3 rings (SSSR count). The van der Waals surface area contributed by atoms with E-state index in [-0.39, 0.29) is 5.84 Å². The predicted molar refractivity (Wildman–Crippen MR) is 80.1 cm³/mol. The number of oxime groups is 1. The number of pyridine rings is 1. The first-order valence-corrected chi connectivity index (χ1v) is 6.33. The number of nitrogens with zero attached hydrogens (tertiary/aromatic N) is 3. The molecule has 21 heavy (non-hydrogen) atoms. The third kappa shape index (κ3) is 2.06. The molecule has 3 N–H and O–H groups in total. The Bertz CT molecular complexity index is 823. The number of hydrogen-bond donors (Lipinski definition) is 2. The monoisotopic (exact) mass is 282 g/mol. The lowest BCUT2D eigenvalue weighted by molar-refractivity contribution is 0.318. The summed E-state index contributed by atoms with van der Waals surface area (Å²) in [6.45, 7) is 0. The van der Waals surface area contributed by atoms with Gasteiger partial charge in [-0.25, -0.2) is 4.98 Å². The minimum absolute atomic E-state index is 0.0294. The molecule has 0 unspecified atom stereocenters. The van der Waals surface area contributed by atoms with Crippen LogP contribution in [0.3, 0.4) is 0 Å². The molecule has 2 aromatic heterocycles. The SMILES string of the molecule is COc1cccc2c(-n3cccc3/C(N)=N/O)nccc12. The van der Waals surface area contributed by atoms with Gasteiger partial charge in [0.05, 0.1) is 12.8 Å². The van der Waals surface area contributed by atoms with Crippen LogP contribution in [0, 0.1) is 0 Å². The number of ether oxygens (including phenoxy) is 1. The van der Waals surface area contributed by atoms with Crippen molar-refractivity contribution >= 4 is 16.6 Å². The predicted octanol–water partition coefficient (Wildman–Crippen LogP) is 2.13. The van der Waals surface area contributed by atoms with Crippen LogP contribution in [0.5, 0.6) is 5.75 Å². The van der Waals surface area contributed by atoms with E-state index >= 15 is 0 Å². The van der Waals surface area contributed by atoms with Crippen molar-refractivity contribution in [3.05, 3.63) is 54.5 Å². The second kappa shape index (κ2) is 5.16. The van der Waals surface area contributed by atoms with Crippen molar-refractivity contribution in [1.82, 2.24) is 9.55 Å². The molecule has 0 amide bonds. The number of methoxy groups -OCH3 is 1. The largest absolute Gasteiger partial charge is 0.496 e. The highest BCUT2D eigenvalue weighted by molar-refractivity contribution is 5.98. The van der Waals surface area contributed by atoms with Gasteiger partial charge >= 0.3 is 0 Å². The Hall–Kier alpha value is -3.02. The molecule has 6 nitrogen and oxygen atoms in total. The van der Waals surface area contributed by atoms with Crippen molar-refractivity contribution in [2.24, 2.45) is 10.9 Å². The maximum absolute atomic E-state index is 8.88. The second-order valence-electron chi connectivity index (χ2n) is 4.44. The standard InChI is InChI=1S/C15H14N4O2/c1-21-13-6-2-4-11-10(13)7-8-17-15(11)19-9-3-5-12(19)14(16)18-20/h2-9,20H,1H3,(H2,16,18). The summed E-state index contributed by atoms with van der Waals surface area (Å²) in [6, 6.07) is 11.2. The molecular formula is C15H14N4O2. The Kier molecular flexibility index (Phi) is 3.19. The van der Waals surface area contributed by atoms with E-state index in [1.165, 1.54) is 0 Å². The van der Waals surface area contributed by atoms with Gasteiger partial charge in [0.25, 0.3) is 0 Å². The van der Waals surface area contributed by atoms with Crippen LogP contribution in [0.1, 0.15) is 5.69 Å². The van der Waals surface area contributed by atoms with Crippen LogP contribution in [-0.2, 0) is 0 Å². The molecule has 0 aliphatic rings. The van der Waals surface area contributed by atoms with Crippen LogP contribution in [0.25, 0.3) is 16.6 Å². The zero-order valence-corrected chi connectivity index (χ0v) is 11.4. The number of hydrogen-bond acceptors (Lipinski definition) is 4. The Morgan fingerprint density at radius 3 is 2.86 bits per heavy atom. The Labute approximate surface area is 121 Å². The summed E-state index contributed by atoms with van der Waals surface area (Å²) in [4.78, 5) is 4.42. The average molecular weight is 282 g/mol.